The van der Waals surface area contributed by atoms with E-state index in [1.807, 2.05) is 28.8 Å². The molecule has 5 atom stereocenters. The van der Waals surface area contributed by atoms with Gasteiger partial charge in [0.2, 0.25) is 23.4 Å². The van der Waals surface area contributed by atoms with Gasteiger partial charge in [0.05, 0.1) is 62.9 Å². The number of pyridine rings is 1. The number of benzene rings is 2. The van der Waals surface area contributed by atoms with E-state index in [9.17, 15) is 46.7 Å². The molecule has 4 aliphatic heterocycles. The molecule has 22 nitrogen and oxygen atoms in total. The Balaban J connectivity index is 0.760. The summed E-state index contributed by atoms with van der Waals surface area (Å²) in [5.74, 6) is -0.565. The third-order valence-electron chi connectivity index (χ3n) is 12.9. The summed E-state index contributed by atoms with van der Waals surface area (Å²) in [6, 6.07) is 13.8. The average molecular weight is 1130 g/mol. The highest BCUT2D eigenvalue weighted by atomic mass is 32.2. The topological polar surface area (TPSA) is 298 Å². The molecule has 3 aromatic rings. The van der Waals surface area contributed by atoms with Gasteiger partial charge in [-0.15, -0.1) is 0 Å². The van der Waals surface area contributed by atoms with Crippen LogP contribution < -0.4 is 57.1 Å². The number of rotatable bonds is 33. The van der Waals surface area contributed by atoms with Crippen molar-refractivity contribution in [1.82, 2.24) is 47.7 Å². The molecular formula is C51H65F3N10O12S2. The number of imide groups is 1. The molecule has 7 amide bonds. The van der Waals surface area contributed by atoms with Crippen molar-refractivity contribution >= 4 is 70.2 Å². The van der Waals surface area contributed by atoms with Crippen LogP contribution in [0.2, 0.25) is 0 Å². The largest absolute Gasteiger partial charge is 0.492 e. The van der Waals surface area contributed by atoms with E-state index in [4.69, 9.17) is 23.7 Å². The van der Waals surface area contributed by atoms with Crippen LogP contribution in [0.3, 0.4) is 0 Å². The summed E-state index contributed by atoms with van der Waals surface area (Å²) in [5.41, 5.74) is 2.42. The predicted molar refractivity (Wildman–Crippen MR) is 282 cm³/mol. The monoisotopic (exact) mass is 1130 g/mol. The second kappa shape index (κ2) is 29.1. The number of fused-ring (bicyclic) bond motifs is 1. The highest BCUT2D eigenvalue weighted by Crippen LogP contribution is 2.42. The molecule has 8 N–H and O–H groups in total. The minimum atomic E-state index is -4.66. The smallest absolute Gasteiger partial charge is 0.426 e. The molecule has 7 rings (SSSR count). The molecule has 5 heterocycles. The second-order valence-corrected chi connectivity index (χ2v) is 21.1. The van der Waals surface area contributed by atoms with E-state index < -0.39 is 47.3 Å². The molecule has 4 fully saturated rings. The van der Waals surface area contributed by atoms with Gasteiger partial charge in [-0.25, -0.2) is 20.6 Å². The number of likely N-dealkylation sites (N-methyl/N-ethyl adjacent to an activating group) is 1. The Morgan fingerprint density at radius 2 is 1.50 bits per heavy atom. The van der Waals surface area contributed by atoms with Gasteiger partial charge in [-0.3, -0.25) is 34.1 Å². The fourth-order valence-electron chi connectivity index (χ4n) is 8.53. The van der Waals surface area contributed by atoms with Crippen molar-refractivity contribution in [2.45, 2.75) is 91.8 Å². The molecule has 0 saturated carbocycles. The SMILES string of the molecule is CN(CCOc1ccc(CC2SC(=O)NC2=O)cc1)c1ccc(OC(=O)C[C@@H](NC(=O)c2ccc(C3(C(F)(F)F)NN3)cc2)C(=O)NCCCOCCOCCOCCCNC(=O)CCCC[C@@H]2SC[C@@H]3NC(=O)N[C@@H]32)cn1. The van der Waals surface area contributed by atoms with Crippen LogP contribution in [0.1, 0.15) is 66.4 Å². The Labute approximate surface area is 457 Å². The van der Waals surface area contributed by atoms with E-state index in [1.54, 1.807) is 25.2 Å². The lowest BCUT2D eigenvalue weighted by atomic mass is 10.0. The number of halogens is 3. The number of urea groups is 1. The number of thioether (sulfide) groups is 2. The number of aromatic nitrogens is 1. The number of carbonyl (C=O) groups is 7. The third kappa shape index (κ3) is 17.9. The molecule has 78 heavy (non-hydrogen) atoms. The number of carbonyl (C=O) groups excluding carboxylic acids is 7. The number of esters is 1. The number of nitrogens with one attached hydrogen (secondary N) is 8. The van der Waals surface area contributed by atoms with Gasteiger partial charge in [0.1, 0.15) is 30.0 Å². The van der Waals surface area contributed by atoms with Crippen LogP contribution in [0.15, 0.2) is 66.9 Å². The molecule has 1 aromatic heterocycles. The Bertz CT molecular complexity index is 2520. The molecule has 0 aliphatic carbocycles. The zero-order valence-corrected chi connectivity index (χ0v) is 44.5. The van der Waals surface area contributed by atoms with Gasteiger partial charge in [-0.05, 0) is 79.6 Å². The zero-order chi connectivity index (χ0) is 55.5. The van der Waals surface area contributed by atoms with E-state index in [0.29, 0.717) is 88.6 Å². The van der Waals surface area contributed by atoms with Crippen molar-refractivity contribution in [3.8, 4) is 11.5 Å². The number of anilines is 1. The fourth-order valence-corrected chi connectivity index (χ4v) is 10.9. The normalized spacial score (nSPS) is 19.5. The molecule has 1 unspecified atom stereocenters. The first-order chi connectivity index (χ1) is 37.6. The number of unbranched alkanes of at least 4 members (excludes halogenated alkanes) is 1. The van der Waals surface area contributed by atoms with Crippen LogP contribution in [0.25, 0.3) is 0 Å². The van der Waals surface area contributed by atoms with Crippen LogP contribution in [-0.2, 0) is 45.5 Å². The maximum absolute atomic E-state index is 13.6. The number of nitrogens with zero attached hydrogens (tertiary/aromatic N) is 2. The third-order valence-corrected chi connectivity index (χ3v) is 15.4. The second-order valence-electron chi connectivity index (χ2n) is 18.7. The van der Waals surface area contributed by atoms with E-state index in [0.717, 1.165) is 54.5 Å². The first-order valence-corrected chi connectivity index (χ1v) is 27.6. The van der Waals surface area contributed by atoms with Gasteiger partial charge in [-0.1, -0.05) is 42.4 Å². The summed E-state index contributed by atoms with van der Waals surface area (Å²) in [5, 5.41) is 15.9. The summed E-state index contributed by atoms with van der Waals surface area (Å²) in [7, 11) is 1.79. The summed E-state index contributed by atoms with van der Waals surface area (Å²) in [4.78, 5) is 93.3. The zero-order valence-electron chi connectivity index (χ0n) is 42.9. The van der Waals surface area contributed by atoms with Crippen LogP contribution in [-0.4, -0.2) is 159 Å². The van der Waals surface area contributed by atoms with Gasteiger partial charge >= 0.3 is 18.2 Å². The number of ether oxygens (including phenoxy) is 5. The number of hydrazine groups is 1. The van der Waals surface area contributed by atoms with Crippen LogP contribution in [0.5, 0.6) is 11.5 Å². The summed E-state index contributed by atoms with van der Waals surface area (Å²) in [6.45, 7) is 3.38. The molecule has 0 spiro atoms. The van der Waals surface area contributed by atoms with Crippen molar-refractivity contribution < 1.29 is 70.4 Å². The average Bonchev–Trinajstić information content (AvgIpc) is 4.08. The predicted octanol–water partition coefficient (Wildman–Crippen LogP) is 3.20. The van der Waals surface area contributed by atoms with Gasteiger partial charge in [-0.2, -0.15) is 24.9 Å². The van der Waals surface area contributed by atoms with Crippen molar-refractivity contribution in [1.29, 1.82) is 0 Å². The molecule has 27 heteroatoms. The van der Waals surface area contributed by atoms with Gasteiger partial charge in [0, 0.05) is 56.3 Å². The lowest BCUT2D eigenvalue weighted by Crippen LogP contribution is -2.48. The molecule has 424 valence electrons. The standard InChI is InChI=1S/C51H65F3N10O12S2/c1-64(20-23-75-35-14-8-32(9-15-35)28-40-47(69)61-49(71)78-40)41-17-16-36(30-57-41)76-43(66)29-37(58-45(67)33-10-12-34(13-11-33)50(62-63-50)51(52,53)54)46(68)56-19-5-22-73-25-27-74-26-24-72-21-4-18-55-42(65)7-3-2-6-39-44-38(31-77-39)59-48(70)60-44/h8-17,30,37-40,44,62-63H,2-7,18-29,31H2,1H3,(H,55,65)(H,56,68)(H,58,67)(H2,59,60,70)(H,61,69,71)/t37-,38+,39+,40?,44+/m1/s1. The molecule has 2 aromatic carbocycles. The van der Waals surface area contributed by atoms with E-state index in [1.165, 1.54) is 24.4 Å². The van der Waals surface area contributed by atoms with Crippen molar-refractivity contribution in [2.24, 2.45) is 0 Å². The first-order valence-electron chi connectivity index (χ1n) is 25.7. The van der Waals surface area contributed by atoms with Gasteiger partial charge in [0.25, 0.3) is 11.1 Å². The highest BCUT2D eigenvalue weighted by molar-refractivity contribution is 8.15. The van der Waals surface area contributed by atoms with Gasteiger partial charge in [0.15, 0.2) is 0 Å². The van der Waals surface area contributed by atoms with E-state index >= 15 is 0 Å². The molecule has 4 aliphatic rings. The van der Waals surface area contributed by atoms with E-state index in [-0.39, 0.29) is 71.8 Å². The van der Waals surface area contributed by atoms with Gasteiger partial charge < -0.3 is 55.2 Å². The fraction of sp³-hybridized carbons (Fsp3) is 0.529. The van der Waals surface area contributed by atoms with Crippen LogP contribution >= 0.6 is 23.5 Å². The summed E-state index contributed by atoms with van der Waals surface area (Å²) < 4.78 is 69.0. The molecular weight excluding hydrogens is 1070 g/mol. The first kappa shape index (κ1) is 59.4. The highest BCUT2D eigenvalue weighted by Gasteiger charge is 2.65. The Hall–Kier alpha value is -6.23. The van der Waals surface area contributed by atoms with Crippen LogP contribution in [0.4, 0.5) is 28.6 Å². The van der Waals surface area contributed by atoms with E-state index in [2.05, 4.69) is 47.7 Å². The lowest BCUT2D eigenvalue weighted by molar-refractivity contribution is -0.165. The maximum atomic E-state index is 13.6. The number of amides is 7. The lowest BCUT2D eigenvalue weighted by Gasteiger charge is -2.20. The summed E-state index contributed by atoms with van der Waals surface area (Å²) >= 11 is 2.84. The summed E-state index contributed by atoms with van der Waals surface area (Å²) in [6.07, 6.45) is 0.666. The van der Waals surface area contributed by atoms with Crippen molar-refractivity contribution in [3.05, 3.63) is 83.6 Å². The Morgan fingerprint density at radius 3 is 2.14 bits per heavy atom. The van der Waals surface area contributed by atoms with Crippen molar-refractivity contribution in [2.75, 3.05) is 83.6 Å². The molecule has 0 radical (unpaired) electrons. The Kier molecular flexibility index (Phi) is 22.2. The number of hydrogen-bond donors (Lipinski definition) is 8. The Morgan fingerprint density at radius 1 is 0.821 bits per heavy atom. The number of hydrogen-bond acceptors (Lipinski definition) is 18. The van der Waals surface area contributed by atoms with Crippen molar-refractivity contribution in [3.63, 3.8) is 0 Å². The number of alkyl halides is 3. The van der Waals surface area contributed by atoms with Crippen LogP contribution in [0, 0.1) is 0 Å². The minimum Gasteiger partial charge on any atom is -0.492 e. The molecule has 0 bridgehead atoms. The quantitative estimate of drug-likeness (QED) is 0.0188. The minimum absolute atomic E-state index is 0.0122. The molecule has 4 saturated heterocycles. The maximum Gasteiger partial charge on any atom is 0.426 e.